The molecule has 0 radical (unpaired) electrons. The molecule has 1 unspecified atom stereocenters. The molecule has 1 heterocycles. The second-order valence-electron chi connectivity index (χ2n) is 3.74. The van der Waals surface area contributed by atoms with Gasteiger partial charge in [-0.15, -0.1) is 0 Å². The maximum Gasteiger partial charge on any atom is 0.374 e. The van der Waals surface area contributed by atoms with Crippen LogP contribution in [0.25, 0.3) is 0 Å². The highest BCUT2D eigenvalue weighted by Crippen LogP contribution is 2.19. The van der Waals surface area contributed by atoms with Gasteiger partial charge in [0.05, 0.1) is 20.5 Å². The Morgan fingerprint density at radius 3 is 2.79 bits per heavy atom. The molecule has 106 valence electrons. The zero-order chi connectivity index (χ0) is 14.3. The molecule has 6 nitrogen and oxygen atoms in total. The van der Waals surface area contributed by atoms with Gasteiger partial charge in [-0.3, -0.25) is 4.79 Å². The molecule has 0 fully saturated rings. The van der Waals surface area contributed by atoms with Crippen molar-refractivity contribution in [3.63, 3.8) is 0 Å². The fourth-order valence-electron chi connectivity index (χ4n) is 1.38. The molecule has 0 aliphatic rings. The standard InChI is InChI=1S/C12H17NO5S/c1-16-11(14)9(13)4-6-19-7-8-3-5-18-10(8)12(15)17-2/h3,5,9H,4,6-7,13H2,1-2H3. The molecule has 0 aliphatic carbocycles. The van der Waals surface area contributed by atoms with Gasteiger partial charge >= 0.3 is 11.9 Å². The van der Waals surface area contributed by atoms with Crippen molar-refractivity contribution in [2.75, 3.05) is 20.0 Å². The van der Waals surface area contributed by atoms with E-state index in [1.54, 1.807) is 17.8 Å². The van der Waals surface area contributed by atoms with Gasteiger partial charge in [0.25, 0.3) is 0 Å². The summed E-state index contributed by atoms with van der Waals surface area (Å²) in [7, 11) is 2.61. The summed E-state index contributed by atoms with van der Waals surface area (Å²) in [6, 6.07) is 1.11. The Morgan fingerprint density at radius 2 is 2.16 bits per heavy atom. The normalized spacial score (nSPS) is 11.9. The monoisotopic (exact) mass is 287 g/mol. The molecule has 0 saturated carbocycles. The number of nitrogens with two attached hydrogens (primary N) is 1. The molecular formula is C12H17NO5S. The molecule has 2 N–H and O–H groups in total. The third-order valence-electron chi connectivity index (χ3n) is 2.45. The third-order valence-corrected chi connectivity index (χ3v) is 3.49. The first-order valence-corrected chi connectivity index (χ1v) is 6.81. The first-order valence-electron chi connectivity index (χ1n) is 5.66. The lowest BCUT2D eigenvalue weighted by atomic mass is 10.2. The second kappa shape index (κ2) is 7.85. The van der Waals surface area contributed by atoms with Gasteiger partial charge in [0.1, 0.15) is 6.04 Å². The van der Waals surface area contributed by atoms with Crippen LogP contribution in [-0.4, -0.2) is 38.0 Å². The maximum atomic E-state index is 11.4. The highest BCUT2D eigenvalue weighted by molar-refractivity contribution is 7.98. The van der Waals surface area contributed by atoms with Crippen LogP contribution in [0, 0.1) is 0 Å². The smallest absolute Gasteiger partial charge is 0.374 e. The molecule has 0 saturated heterocycles. The summed E-state index contributed by atoms with van der Waals surface area (Å²) in [4.78, 5) is 22.4. The zero-order valence-electron chi connectivity index (χ0n) is 10.9. The van der Waals surface area contributed by atoms with Crippen LogP contribution in [0.2, 0.25) is 0 Å². The lowest BCUT2D eigenvalue weighted by Gasteiger charge is -2.08. The van der Waals surface area contributed by atoms with Gasteiger partial charge in [-0.05, 0) is 18.2 Å². The quantitative estimate of drug-likeness (QED) is 0.595. The highest BCUT2D eigenvalue weighted by atomic mass is 32.2. The van der Waals surface area contributed by atoms with Gasteiger partial charge in [-0.2, -0.15) is 11.8 Å². The lowest BCUT2D eigenvalue weighted by molar-refractivity contribution is -0.142. The van der Waals surface area contributed by atoms with Gasteiger partial charge < -0.3 is 19.6 Å². The topological polar surface area (TPSA) is 91.8 Å². The predicted molar refractivity (Wildman–Crippen MR) is 70.8 cm³/mol. The summed E-state index contributed by atoms with van der Waals surface area (Å²) in [6.45, 7) is 0. The Labute approximate surface area is 115 Å². The first-order chi connectivity index (χ1) is 9.10. The summed E-state index contributed by atoms with van der Waals surface area (Å²) in [5, 5.41) is 0. The largest absolute Gasteiger partial charge is 0.468 e. The fraction of sp³-hybridized carbons (Fsp3) is 0.500. The number of thioether (sulfide) groups is 1. The van der Waals surface area contributed by atoms with E-state index in [2.05, 4.69) is 9.47 Å². The van der Waals surface area contributed by atoms with Crippen LogP contribution in [0.15, 0.2) is 16.7 Å². The van der Waals surface area contributed by atoms with E-state index in [9.17, 15) is 9.59 Å². The first kappa shape index (κ1) is 15.6. The molecule has 0 aromatic carbocycles. The van der Waals surface area contributed by atoms with Crippen molar-refractivity contribution in [3.8, 4) is 0 Å². The minimum Gasteiger partial charge on any atom is -0.468 e. The Bertz CT molecular complexity index is 432. The van der Waals surface area contributed by atoms with Crippen molar-refractivity contribution < 1.29 is 23.5 Å². The third kappa shape index (κ3) is 4.60. The van der Waals surface area contributed by atoms with Gasteiger partial charge in [0.2, 0.25) is 5.76 Å². The number of carbonyl (C=O) groups is 2. The molecule has 1 atom stereocenters. The minimum absolute atomic E-state index is 0.215. The van der Waals surface area contributed by atoms with Crippen LogP contribution >= 0.6 is 11.8 Å². The van der Waals surface area contributed by atoms with Crippen LogP contribution in [0.3, 0.4) is 0 Å². The maximum absolute atomic E-state index is 11.4. The molecule has 0 amide bonds. The lowest BCUT2D eigenvalue weighted by Crippen LogP contribution is -2.31. The predicted octanol–water partition coefficient (Wildman–Crippen LogP) is 1.19. The summed E-state index contributed by atoms with van der Waals surface area (Å²) in [5.74, 6) is 0.579. The van der Waals surface area contributed by atoms with Crippen molar-refractivity contribution >= 4 is 23.7 Å². The number of esters is 2. The molecule has 1 aromatic rings. The van der Waals surface area contributed by atoms with Crippen molar-refractivity contribution in [2.24, 2.45) is 5.73 Å². The van der Waals surface area contributed by atoms with E-state index in [4.69, 9.17) is 10.2 Å². The van der Waals surface area contributed by atoms with E-state index >= 15 is 0 Å². The van der Waals surface area contributed by atoms with E-state index in [1.165, 1.54) is 20.5 Å². The number of furan rings is 1. The van der Waals surface area contributed by atoms with Crippen LogP contribution in [0.1, 0.15) is 22.5 Å². The summed E-state index contributed by atoms with van der Waals surface area (Å²) >= 11 is 1.55. The van der Waals surface area contributed by atoms with Gasteiger partial charge in [-0.1, -0.05) is 0 Å². The van der Waals surface area contributed by atoms with Crippen LogP contribution in [-0.2, 0) is 20.0 Å². The summed E-state index contributed by atoms with van der Waals surface area (Å²) in [6.07, 6.45) is 1.96. The van der Waals surface area contributed by atoms with Crippen molar-refractivity contribution in [3.05, 3.63) is 23.7 Å². The minimum atomic E-state index is -0.609. The number of hydrogen-bond donors (Lipinski definition) is 1. The average Bonchev–Trinajstić information content (AvgIpc) is 2.89. The number of methoxy groups -OCH3 is 2. The molecule has 1 aromatic heterocycles. The summed E-state index contributed by atoms with van der Waals surface area (Å²) < 4.78 is 14.2. The van der Waals surface area contributed by atoms with Gasteiger partial charge in [0, 0.05) is 11.3 Å². The Hall–Kier alpha value is -1.47. The molecule has 1 rings (SSSR count). The van der Waals surface area contributed by atoms with E-state index in [0.717, 1.165) is 5.56 Å². The van der Waals surface area contributed by atoms with E-state index in [1.807, 2.05) is 0 Å². The van der Waals surface area contributed by atoms with Crippen molar-refractivity contribution in [2.45, 2.75) is 18.2 Å². The zero-order valence-corrected chi connectivity index (χ0v) is 11.7. The van der Waals surface area contributed by atoms with E-state index < -0.39 is 18.0 Å². The van der Waals surface area contributed by atoms with Crippen molar-refractivity contribution in [1.82, 2.24) is 0 Å². The highest BCUT2D eigenvalue weighted by Gasteiger charge is 2.16. The fourth-order valence-corrected chi connectivity index (χ4v) is 2.39. The molecule has 19 heavy (non-hydrogen) atoms. The van der Waals surface area contributed by atoms with E-state index in [-0.39, 0.29) is 5.76 Å². The van der Waals surface area contributed by atoms with Gasteiger partial charge in [-0.25, -0.2) is 4.79 Å². The van der Waals surface area contributed by atoms with Crippen LogP contribution < -0.4 is 5.73 Å². The number of ether oxygens (including phenoxy) is 2. The molecular weight excluding hydrogens is 270 g/mol. The summed E-state index contributed by atoms with van der Waals surface area (Å²) in [5.41, 5.74) is 6.37. The molecule has 0 spiro atoms. The van der Waals surface area contributed by atoms with Crippen LogP contribution in [0.5, 0.6) is 0 Å². The number of hydrogen-bond acceptors (Lipinski definition) is 7. The van der Waals surface area contributed by atoms with Gasteiger partial charge in [0.15, 0.2) is 0 Å². The average molecular weight is 287 g/mol. The molecule has 7 heteroatoms. The van der Waals surface area contributed by atoms with Crippen molar-refractivity contribution in [1.29, 1.82) is 0 Å². The molecule has 0 bridgehead atoms. The van der Waals surface area contributed by atoms with E-state index in [0.29, 0.717) is 17.9 Å². The Kier molecular flexibility index (Phi) is 6.44. The number of carbonyl (C=O) groups excluding carboxylic acids is 2. The number of rotatable bonds is 7. The molecule has 0 aliphatic heterocycles. The SMILES string of the molecule is COC(=O)c1occc1CSCCC(N)C(=O)OC. The Balaban J connectivity index is 2.36. The van der Waals surface area contributed by atoms with Crippen LogP contribution in [0.4, 0.5) is 0 Å². The Morgan fingerprint density at radius 1 is 1.42 bits per heavy atom. The second-order valence-corrected chi connectivity index (χ2v) is 4.84.